The van der Waals surface area contributed by atoms with E-state index in [0.717, 1.165) is 5.56 Å². The molecule has 3 nitrogen and oxygen atoms in total. The van der Waals surface area contributed by atoms with Crippen molar-refractivity contribution in [1.82, 2.24) is 0 Å². The van der Waals surface area contributed by atoms with E-state index in [4.69, 9.17) is 29.6 Å². The summed E-state index contributed by atoms with van der Waals surface area (Å²) in [6, 6.07) is 12.2. The van der Waals surface area contributed by atoms with E-state index in [2.05, 4.69) is 5.32 Å². The molecule has 0 fully saturated rings. The average molecular weight is 305 g/mol. The van der Waals surface area contributed by atoms with E-state index in [0.29, 0.717) is 21.8 Å². The van der Waals surface area contributed by atoms with E-state index in [9.17, 15) is 4.79 Å². The van der Waals surface area contributed by atoms with Crippen LogP contribution < -0.4 is 11.1 Å². The van der Waals surface area contributed by atoms with Gasteiger partial charge in [0.1, 0.15) is 4.99 Å². The molecule has 0 atom stereocenters. The van der Waals surface area contributed by atoms with E-state index in [1.54, 1.807) is 42.5 Å². The summed E-state index contributed by atoms with van der Waals surface area (Å²) in [6.45, 7) is 1.85. The Labute approximate surface area is 127 Å². The predicted molar refractivity (Wildman–Crippen MR) is 86.5 cm³/mol. The molecule has 0 spiro atoms. The molecule has 0 heterocycles. The summed E-state index contributed by atoms with van der Waals surface area (Å²) in [5.41, 5.74) is 8.23. The monoisotopic (exact) mass is 304 g/mol. The second-order valence-electron chi connectivity index (χ2n) is 4.31. The first-order valence-corrected chi connectivity index (χ1v) is 6.74. The molecule has 0 aliphatic rings. The molecule has 3 N–H and O–H groups in total. The van der Waals surface area contributed by atoms with Crippen molar-refractivity contribution in [3.63, 3.8) is 0 Å². The van der Waals surface area contributed by atoms with Gasteiger partial charge in [-0.3, -0.25) is 4.79 Å². The van der Waals surface area contributed by atoms with Crippen molar-refractivity contribution in [2.45, 2.75) is 6.92 Å². The molecule has 0 radical (unpaired) electrons. The molecular weight excluding hydrogens is 292 g/mol. The molecule has 5 heteroatoms. The fourth-order valence-corrected chi connectivity index (χ4v) is 2.05. The number of amides is 1. The van der Waals surface area contributed by atoms with Gasteiger partial charge in [-0.2, -0.15) is 0 Å². The van der Waals surface area contributed by atoms with Crippen LogP contribution in [0.5, 0.6) is 0 Å². The van der Waals surface area contributed by atoms with Crippen molar-refractivity contribution in [2.24, 2.45) is 5.73 Å². The van der Waals surface area contributed by atoms with Crippen LogP contribution in [0.3, 0.4) is 0 Å². The smallest absolute Gasteiger partial charge is 0.255 e. The quantitative estimate of drug-likeness (QED) is 0.853. The summed E-state index contributed by atoms with van der Waals surface area (Å²) in [5, 5.41) is 3.44. The molecule has 0 unspecified atom stereocenters. The van der Waals surface area contributed by atoms with Crippen molar-refractivity contribution < 1.29 is 4.79 Å². The van der Waals surface area contributed by atoms with Gasteiger partial charge in [-0.1, -0.05) is 42.0 Å². The Morgan fingerprint density at radius 1 is 1.20 bits per heavy atom. The lowest BCUT2D eigenvalue weighted by Crippen LogP contribution is -2.15. The van der Waals surface area contributed by atoms with Gasteiger partial charge in [-0.15, -0.1) is 0 Å². The van der Waals surface area contributed by atoms with Gasteiger partial charge < -0.3 is 11.1 Å². The minimum Gasteiger partial charge on any atom is -0.389 e. The van der Waals surface area contributed by atoms with Crippen LogP contribution in [0.2, 0.25) is 5.02 Å². The number of carbonyl (C=O) groups excluding carboxylic acids is 1. The summed E-state index contributed by atoms with van der Waals surface area (Å²) in [5.74, 6) is -0.228. The molecule has 102 valence electrons. The van der Waals surface area contributed by atoms with E-state index < -0.39 is 0 Å². The highest BCUT2D eigenvalue weighted by atomic mass is 35.5. The van der Waals surface area contributed by atoms with Gasteiger partial charge in [0.05, 0.1) is 0 Å². The number of nitrogens with one attached hydrogen (secondary N) is 1. The Morgan fingerprint density at radius 3 is 2.55 bits per heavy atom. The van der Waals surface area contributed by atoms with E-state index in [1.807, 2.05) is 6.92 Å². The van der Waals surface area contributed by atoms with Crippen molar-refractivity contribution in [2.75, 3.05) is 5.32 Å². The zero-order valence-electron chi connectivity index (χ0n) is 10.8. The van der Waals surface area contributed by atoms with Crippen molar-refractivity contribution >= 4 is 40.4 Å². The zero-order chi connectivity index (χ0) is 14.7. The maximum atomic E-state index is 12.2. The van der Waals surface area contributed by atoms with Crippen LogP contribution in [-0.2, 0) is 0 Å². The van der Waals surface area contributed by atoms with Crippen LogP contribution in [0.15, 0.2) is 42.5 Å². The third-order valence-corrected chi connectivity index (χ3v) is 3.57. The number of hydrogen-bond donors (Lipinski definition) is 2. The molecule has 0 saturated heterocycles. The number of halogens is 1. The molecule has 0 bridgehead atoms. The number of carbonyl (C=O) groups is 1. The zero-order valence-corrected chi connectivity index (χ0v) is 12.4. The second kappa shape index (κ2) is 6.03. The molecule has 0 aromatic heterocycles. The highest BCUT2D eigenvalue weighted by Gasteiger charge is 2.10. The van der Waals surface area contributed by atoms with Gasteiger partial charge in [-0.25, -0.2) is 0 Å². The SMILES string of the molecule is Cc1c(Cl)cccc1NC(=O)c1cccc(C(N)=S)c1. The van der Waals surface area contributed by atoms with Gasteiger partial charge in [0.2, 0.25) is 0 Å². The number of nitrogens with two attached hydrogens (primary N) is 1. The molecule has 0 aliphatic heterocycles. The number of hydrogen-bond acceptors (Lipinski definition) is 2. The maximum absolute atomic E-state index is 12.2. The second-order valence-corrected chi connectivity index (χ2v) is 5.16. The van der Waals surface area contributed by atoms with Gasteiger partial charge in [-0.05, 0) is 36.8 Å². The van der Waals surface area contributed by atoms with Crippen LogP contribution in [0.1, 0.15) is 21.5 Å². The average Bonchev–Trinajstić information content (AvgIpc) is 2.44. The lowest BCUT2D eigenvalue weighted by molar-refractivity contribution is 0.102. The number of thiocarbonyl (C=S) groups is 1. The maximum Gasteiger partial charge on any atom is 0.255 e. The topological polar surface area (TPSA) is 55.1 Å². The van der Waals surface area contributed by atoms with Gasteiger partial charge >= 0.3 is 0 Å². The Kier molecular flexibility index (Phi) is 4.37. The van der Waals surface area contributed by atoms with Crippen LogP contribution in [0.25, 0.3) is 0 Å². The van der Waals surface area contributed by atoms with Crippen LogP contribution in [0.4, 0.5) is 5.69 Å². The predicted octanol–water partition coefficient (Wildman–Crippen LogP) is 3.53. The molecule has 2 aromatic carbocycles. The summed E-state index contributed by atoms with van der Waals surface area (Å²) >= 11 is 10.9. The lowest BCUT2D eigenvalue weighted by atomic mass is 10.1. The van der Waals surface area contributed by atoms with Crippen molar-refractivity contribution in [3.05, 3.63) is 64.2 Å². The normalized spacial score (nSPS) is 10.1. The molecule has 2 aromatic rings. The van der Waals surface area contributed by atoms with Gasteiger partial charge in [0.15, 0.2) is 0 Å². The van der Waals surface area contributed by atoms with Gasteiger partial charge in [0, 0.05) is 21.8 Å². The minimum absolute atomic E-state index is 0.228. The number of benzene rings is 2. The highest BCUT2D eigenvalue weighted by Crippen LogP contribution is 2.23. The Balaban J connectivity index is 2.26. The molecule has 0 saturated carbocycles. The largest absolute Gasteiger partial charge is 0.389 e. The van der Waals surface area contributed by atoms with E-state index in [1.165, 1.54) is 0 Å². The number of anilines is 1. The van der Waals surface area contributed by atoms with Crippen molar-refractivity contribution in [3.8, 4) is 0 Å². The van der Waals surface area contributed by atoms with Crippen molar-refractivity contribution in [1.29, 1.82) is 0 Å². The Hall–Kier alpha value is -1.91. The summed E-state index contributed by atoms with van der Waals surface area (Å²) in [7, 11) is 0. The fourth-order valence-electron chi connectivity index (χ4n) is 1.75. The lowest BCUT2D eigenvalue weighted by Gasteiger charge is -2.10. The Morgan fingerprint density at radius 2 is 1.85 bits per heavy atom. The van der Waals surface area contributed by atoms with Gasteiger partial charge in [0.25, 0.3) is 5.91 Å². The van der Waals surface area contributed by atoms with E-state index >= 15 is 0 Å². The van der Waals surface area contributed by atoms with Crippen LogP contribution >= 0.6 is 23.8 Å². The van der Waals surface area contributed by atoms with Crippen LogP contribution in [0, 0.1) is 6.92 Å². The molecule has 1 amide bonds. The number of rotatable bonds is 3. The minimum atomic E-state index is -0.228. The standard InChI is InChI=1S/C15H13ClN2OS/c1-9-12(16)6-3-7-13(9)18-15(19)11-5-2-4-10(8-11)14(17)20/h2-8H,1H3,(H2,17,20)(H,18,19). The first-order valence-electron chi connectivity index (χ1n) is 5.95. The highest BCUT2D eigenvalue weighted by molar-refractivity contribution is 7.80. The third kappa shape index (κ3) is 3.15. The summed E-state index contributed by atoms with van der Waals surface area (Å²) in [6.07, 6.45) is 0. The first kappa shape index (κ1) is 14.5. The van der Waals surface area contributed by atoms with E-state index in [-0.39, 0.29) is 10.9 Å². The first-order chi connectivity index (χ1) is 9.49. The molecule has 20 heavy (non-hydrogen) atoms. The van der Waals surface area contributed by atoms with Crippen LogP contribution in [-0.4, -0.2) is 10.9 Å². The molecule has 0 aliphatic carbocycles. The summed E-state index contributed by atoms with van der Waals surface area (Å²) < 4.78 is 0. The molecule has 2 rings (SSSR count). The Bertz CT molecular complexity index is 685. The summed E-state index contributed by atoms with van der Waals surface area (Å²) in [4.78, 5) is 12.5. The third-order valence-electron chi connectivity index (χ3n) is 2.93. The fraction of sp³-hybridized carbons (Fsp3) is 0.0667. The molecular formula is C15H13ClN2OS.